The van der Waals surface area contributed by atoms with Gasteiger partial charge in [-0.3, -0.25) is 9.48 Å². The van der Waals surface area contributed by atoms with Gasteiger partial charge in [-0.2, -0.15) is 5.10 Å². The summed E-state index contributed by atoms with van der Waals surface area (Å²) in [5, 5.41) is 5.58. The van der Waals surface area contributed by atoms with E-state index in [-0.39, 0.29) is 5.91 Å². The molecular weight excluding hydrogens is 536 g/mol. The molecule has 9 heteroatoms. The van der Waals surface area contributed by atoms with E-state index in [2.05, 4.69) is 10.00 Å². The fourth-order valence-corrected chi connectivity index (χ4v) is 5.64. The second-order valence-electron chi connectivity index (χ2n) is 10.9. The minimum absolute atomic E-state index is 0.199. The Balaban J connectivity index is 1.36. The van der Waals surface area contributed by atoms with Crippen LogP contribution in [0.4, 0.5) is 0 Å². The summed E-state index contributed by atoms with van der Waals surface area (Å²) in [5.74, 6) is 1.15. The van der Waals surface area contributed by atoms with Gasteiger partial charge >= 0.3 is 0 Å². The van der Waals surface area contributed by atoms with Crippen LogP contribution in [0.5, 0.6) is 5.75 Å². The first-order chi connectivity index (χ1) is 19.8. The molecule has 1 fully saturated rings. The van der Waals surface area contributed by atoms with E-state index in [0.717, 1.165) is 47.6 Å². The number of aromatic nitrogens is 4. The van der Waals surface area contributed by atoms with Crippen LogP contribution in [0, 0.1) is 13.8 Å². The largest absolute Gasteiger partial charge is 0.493 e. The normalized spacial score (nSPS) is 14.0. The van der Waals surface area contributed by atoms with E-state index in [4.69, 9.17) is 26.3 Å². The molecular formula is C32H39ClN6O2. The van der Waals surface area contributed by atoms with E-state index in [9.17, 15) is 4.79 Å². The summed E-state index contributed by atoms with van der Waals surface area (Å²) in [6.45, 7) is 11.5. The smallest absolute Gasteiger partial charge is 0.273 e. The van der Waals surface area contributed by atoms with E-state index in [1.165, 1.54) is 32.4 Å². The number of fused-ring (bicyclic) bond motifs is 1. The molecule has 8 nitrogen and oxygen atoms in total. The topological polar surface area (TPSA) is 76.4 Å². The van der Waals surface area contributed by atoms with Gasteiger partial charge in [-0.15, -0.1) is 0 Å². The maximum Gasteiger partial charge on any atom is 0.273 e. The molecule has 0 N–H and O–H groups in total. The van der Waals surface area contributed by atoms with Crippen molar-refractivity contribution < 1.29 is 9.53 Å². The lowest BCUT2D eigenvalue weighted by atomic mass is 10.1. The quantitative estimate of drug-likeness (QED) is 0.207. The van der Waals surface area contributed by atoms with E-state index in [0.29, 0.717) is 40.6 Å². The van der Waals surface area contributed by atoms with E-state index < -0.39 is 0 Å². The molecule has 41 heavy (non-hydrogen) atoms. The molecule has 0 aliphatic carbocycles. The van der Waals surface area contributed by atoms with Gasteiger partial charge < -0.3 is 14.5 Å². The van der Waals surface area contributed by atoms with Crippen molar-refractivity contribution in [2.45, 2.75) is 59.5 Å². The maximum atomic E-state index is 13.8. The summed E-state index contributed by atoms with van der Waals surface area (Å²) < 4.78 is 8.05. The predicted molar refractivity (Wildman–Crippen MR) is 164 cm³/mol. The Hall–Kier alpha value is -3.49. The van der Waals surface area contributed by atoms with Crippen molar-refractivity contribution in [3.05, 3.63) is 70.1 Å². The molecule has 216 valence electrons. The van der Waals surface area contributed by atoms with Gasteiger partial charge in [-0.05, 0) is 95.1 Å². The molecule has 1 aliphatic rings. The minimum atomic E-state index is -0.199. The van der Waals surface area contributed by atoms with Gasteiger partial charge in [0.2, 0.25) is 0 Å². The number of halogens is 1. The number of likely N-dealkylation sites (tertiary alicyclic amines) is 1. The predicted octanol–water partition coefficient (Wildman–Crippen LogP) is 6.31. The Morgan fingerprint density at radius 2 is 1.88 bits per heavy atom. The highest BCUT2D eigenvalue weighted by molar-refractivity contribution is 6.31. The van der Waals surface area contributed by atoms with Gasteiger partial charge in [0.05, 0.1) is 18.3 Å². The summed E-state index contributed by atoms with van der Waals surface area (Å²) in [6, 6.07) is 11.3. The fraction of sp³-hybridized carbons (Fsp3) is 0.438. The first kappa shape index (κ1) is 29.0. The Morgan fingerprint density at radius 1 is 1.07 bits per heavy atom. The summed E-state index contributed by atoms with van der Waals surface area (Å²) in [7, 11) is 1.78. The molecule has 0 radical (unpaired) electrons. The summed E-state index contributed by atoms with van der Waals surface area (Å²) in [5.41, 5.74) is 4.88. The minimum Gasteiger partial charge on any atom is -0.493 e. The molecule has 4 aromatic rings. The average molecular weight is 575 g/mol. The standard InChI is InChI=1S/C32H39ClN6O2/c1-5-39-23(3)25(20-34-39)21-37(4)32(40)30-27-19-26(33)11-12-28(27)35-31(36-30)24-10-13-29(22(2)18-24)41-17-9-16-38-14-7-6-8-15-38/h10-13,18-20H,5-9,14-17,21H2,1-4H3. The third-order valence-corrected chi connectivity index (χ3v) is 8.11. The lowest BCUT2D eigenvalue weighted by Crippen LogP contribution is -2.31. The van der Waals surface area contributed by atoms with Crippen molar-refractivity contribution in [2.75, 3.05) is 33.3 Å². The van der Waals surface area contributed by atoms with Crippen LogP contribution in [0.3, 0.4) is 0 Å². The highest BCUT2D eigenvalue weighted by atomic mass is 35.5. The monoisotopic (exact) mass is 574 g/mol. The zero-order valence-corrected chi connectivity index (χ0v) is 25.2. The van der Waals surface area contributed by atoms with E-state index >= 15 is 0 Å². The Kier molecular flexibility index (Phi) is 9.20. The van der Waals surface area contributed by atoms with Crippen LogP contribution in [0.25, 0.3) is 22.3 Å². The van der Waals surface area contributed by atoms with Crippen molar-refractivity contribution in [3.63, 3.8) is 0 Å². The molecule has 2 aromatic carbocycles. The van der Waals surface area contributed by atoms with Crippen LogP contribution in [0.15, 0.2) is 42.6 Å². The lowest BCUT2D eigenvalue weighted by molar-refractivity contribution is 0.0781. The van der Waals surface area contributed by atoms with Crippen LogP contribution in [0.1, 0.15) is 59.9 Å². The van der Waals surface area contributed by atoms with Crippen LogP contribution in [-0.4, -0.2) is 68.7 Å². The number of carbonyl (C=O) groups is 1. The van der Waals surface area contributed by atoms with Gasteiger partial charge in [0.25, 0.3) is 5.91 Å². The van der Waals surface area contributed by atoms with Crippen molar-refractivity contribution in [1.29, 1.82) is 0 Å². The molecule has 0 atom stereocenters. The van der Waals surface area contributed by atoms with Gasteiger partial charge in [0.15, 0.2) is 5.82 Å². The summed E-state index contributed by atoms with van der Waals surface area (Å²) in [4.78, 5) is 27.6. The number of carbonyl (C=O) groups excluding carboxylic acids is 1. The van der Waals surface area contributed by atoms with Crippen molar-refractivity contribution >= 4 is 28.4 Å². The molecule has 1 amide bonds. The Bertz CT molecular complexity index is 1530. The number of piperidine rings is 1. The molecule has 5 rings (SSSR count). The SMILES string of the molecule is CCn1ncc(CN(C)C(=O)c2nc(-c3ccc(OCCCN4CCCCC4)c(C)c3)nc3ccc(Cl)cc23)c1C. The number of ether oxygens (including phenoxy) is 1. The highest BCUT2D eigenvalue weighted by Gasteiger charge is 2.21. The number of hydrogen-bond donors (Lipinski definition) is 0. The van der Waals surface area contributed by atoms with E-state index in [1.807, 2.05) is 55.9 Å². The van der Waals surface area contributed by atoms with Gasteiger partial charge in [-0.25, -0.2) is 9.97 Å². The van der Waals surface area contributed by atoms with Gasteiger partial charge in [0, 0.05) is 53.9 Å². The molecule has 0 spiro atoms. The molecule has 2 aromatic heterocycles. The second kappa shape index (κ2) is 13.0. The Morgan fingerprint density at radius 3 is 2.61 bits per heavy atom. The summed E-state index contributed by atoms with van der Waals surface area (Å²) >= 11 is 6.33. The van der Waals surface area contributed by atoms with Crippen molar-refractivity contribution in [3.8, 4) is 17.1 Å². The summed E-state index contributed by atoms with van der Waals surface area (Å²) in [6.07, 6.45) is 6.79. The highest BCUT2D eigenvalue weighted by Crippen LogP contribution is 2.29. The van der Waals surface area contributed by atoms with Crippen LogP contribution >= 0.6 is 11.6 Å². The molecule has 3 heterocycles. The van der Waals surface area contributed by atoms with Gasteiger partial charge in [0.1, 0.15) is 11.4 Å². The average Bonchev–Trinajstić information content (AvgIpc) is 3.34. The van der Waals surface area contributed by atoms with Crippen LogP contribution in [-0.2, 0) is 13.1 Å². The molecule has 0 unspecified atom stereocenters. The molecule has 1 saturated heterocycles. The maximum absolute atomic E-state index is 13.8. The lowest BCUT2D eigenvalue weighted by Gasteiger charge is -2.26. The van der Waals surface area contributed by atoms with Crippen LogP contribution in [0.2, 0.25) is 5.02 Å². The number of amides is 1. The molecule has 0 saturated carbocycles. The number of rotatable bonds is 10. The number of hydrogen-bond acceptors (Lipinski definition) is 6. The zero-order valence-electron chi connectivity index (χ0n) is 24.5. The number of benzene rings is 2. The third-order valence-electron chi connectivity index (χ3n) is 7.88. The number of nitrogens with zero attached hydrogens (tertiary/aromatic N) is 6. The van der Waals surface area contributed by atoms with Gasteiger partial charge in [-0.1, -0.05) is 18.0 Å². The van der Waals surface area contributed by atoms with E-state index in [1.54, 1.807) is 24.1 Å². The van der Waals surface area contributed by atoms with Crippen molar-refractivity contribution in [1.82, 2.24) is 29.5 Å². The molecule has 1 aliphatic heterocycles. The number of aryl methyl sites for hydroxylation is 2. The first-order valence-electron chi connectivity index (χ1n) is 14.5. The fourth-order valence-electron chi connectivity index (χ4n) is 5.46. The second-order valence-corrected chi connectivity index (χ2v) is 11.3. The first-order valence-corrected chi connectivity index (χ1v) is 14.9. The van der Waals surface area contributed by atoms with Crippen LogP contribution < -0.4 is 4.74 Å². The zero-order chi connectivity index (χ0) is 28.9. The third kappa shape index (κ3) is 6.71. The Labute approximate surface area is 247 Å². The molecule has 0 bridgehead atoms. The van der Waals surface area contributed by atoms with Crippen molar-refractivity contribution in [2.24, 2.45) is 0 Å².